The molecule has 3 aromatic rings. The van der Waals surface area contributed by atoms with Crippen LogP contribution in [0.4, 0.5) is 5.69 Å². The van der Waals surface area contributed by atoms with Gasteiger partial charge in [-0.15, -0.1) is 0 Å². The summed E-state index contributed by atoms with van der Waals surface area (Å²) in [6, 6.07) is 12.5. The van der Waals surface area contributed by atoms with Crippen LogP contribution in [0.5, 0.6) is 23.0 Å². The maximum Gasteiger partial charge on any atom is 0.225 e. The number of piperazine rings is 1. The second-order valence-corrected chi connectivity index (χ2v) is 15.3. The molecule has 4 aliphatic rings. The Morgan fingerprint density at radius 3 is 2.13 bits per heavy atom. The Balaban J connectivity index is 1.36. The molecule has 1 spiro atoms. The van der Waals surface area contributed by atoms with Crippen LogP contribution in [-0.2, 0) is 28.0 Å². The fourth-order valence-corrected chi connectivity index (χ4v) is 10.2. The second-order valence-electron chi connectivity index (χ2n) is 15.3. The first-order valence-corrected chi connectivity index (χ1v) is 19.9. The molecule has 4 heterocycles. The van der Waals surface area contributed by atoms with Gasteiger partial charge in [-0.25, -0.2) is 0 Å². The van der Waals surface area contributed by atoms with E-state index in [9.17, 15) is 9.59 Å². The third-order valence-corrected chi connectivity index (χ3v) is 12.9. The number of likely N-dealkylation sites (N-methyl/N-ethyl adjacent to an activating group) is 1. The SMILES string of the molecule is CCN1CCc2cc(OC)c(OC)cc2C1[C@@H]1C[C@H](C(=O)N2CCN(c3ccncc3)CC2)CCC12c1cc(OC)c(OC)cc1CCN2C(=O)CCNC. The number of amides is 2. The number of carbonyl (C=O) groups excluding carboxylic acids is 2. The smallest absolute Gasteiger partial charge is 0.225 e. The lowest BCUT2D eigenvalue weighted by atomic mass is 9.58. The van der Waals surface area contributed by atoms with Crippen molar-refractivity contribution in [2.45, 2.75) is 57.0 Å². The van der Waals surface area contributed by atoms with Gasteiger partial charge in [0.15, 0.2) is 23.0 Å². The lowest BCUT2D eigenvalue weighted by molar-refractivity contribution is -0.153. The normalized spacial score (nSPS) is 23.9. The van der Waals surface area contributed by atoms with Crippen LogP contribution in [-0.4, -0.2) is 119 Å². The number of fused-ring (bicyclic) bond motifs is 3. The molecule has 1 N–H and O–H groups in total. The van der Waals surface area contributed by atoms with Gasteiger partial charge in [-0.3, -0.25) is 19.5 Å². The molecular weight excluding hydrogens is 697 g/mol. The molecule has 0 bridgehead atoms. The Labute approximate surface area is 326 Å². The number of anilines is 1. The average molecular weight is 755 g/mol. The number of pyridine rings is 1. The van der Waals surface area contributed by atoms with Crippen molar-refractivity contribution >= 4 is 17.5 Å². The van der Waals surface area contributed by atoms with E-state index < -0.39 is 5.54 Å². The third kappa shape index (κ3) is 7.07. The number of hydrogen-bond acceptors (Lipinski definition) is 10. The van der Waals surface area contributed by atoms with Gasteiger partial charge in [0.05, 0.1) is 34.0 Å². The molecule has 12 nitrogen and oxygen atoms in total. The summed E-state index contributed by atoms with van der Waals surface area (Å²) in [5.41, 5.74) is 5.12. The quantitative estimate of drug-likeness (QED) is 0.297. The van der Waals surface area contributed by atoms with E-state index in [2.05, 4.69) is 61.1 Å². The summed E-state index contributed by atoms with van der Waals surface area (Å²) in [5, 5.41) is 3.21. The number of aromatic nitrogens is 1. The number of hydrogen-bond donors (Lipinski definition) is 1. The molecule has 1 aliphatic carbocycles. The molecule has 0 radical (unpaired) electrons. The minimum Gasteiger partial charge on any atom is -0.493 e. The third-order valence-electron chi connectivity index (χ3n) is 12.9. The number of methoxy groups -OCH3 is 4. The summed E-state index contributed by atoms with van der Waals surface area (Å²) >= 11 is 0. The highest BCUT2D eigenvalue weighted by atomic mass is 16.5. The largest absolute Gasteiger partial charge is 0.493 e. The predicted molar refractivity (Wildman–Crippen MR) is 212 cm³/mol. The fraction of sp³-hybridized carbons (Fsp3) is 0.558. The standard InChI is InChI=1S/C43H58N6O6/c1-7-46-18-12-29-25-36(52-3)38(54-5)27-33(29)41(46)35-24-31(42(51)48-22-20-47(21-23-48)32-9-16-45-17-10-32)8-14-43(35)34-28-39(55-6)37(53-4)26-30(34)13-19-49(43)40(50)11-15-44-2/h9-10,16-17,25-28,31,35,41,44H,7-8,11-15,18-24H2,1-6H3/t31-,35+,41?,43?/m1/s1. The van der Waals surface area contributed by atoms with Crippen molar-refractivity contribution in [1.29, 1.82) is 0 Å². The predicted octanol–water partition coefficient (Wildman–Crippen LogP) is 4.69. The van der Waals surface area contributed by atoms with Crippen molar-refractivity contribution in [2.75, 3.05) is 92.7 Å². The summed E-state index contributed by atoms with van der Waals surface area (Å²) in [5.74, 6) is 2.77. The summed E-state index contributed by atoms with van der Waals surface area (Å²) in [6.45, 7) is 7.99. The molecule has 1 saturated heterocycles. The molecule has 3 aliphatic heterocycles. The number of ether oxygens (including phenoxy) is 4. The van der Waals surface area contributed by atoms with E-state index >= 15 is 0 Å². The van der Waals surface area contributed by atoms with Crippen molar-refractivity contribution in [3.8, 4) is 23.0 Å². The Morgan fingerprint density at radius 2 is 1.47 bits per heavy atom. The van der Waals surface area contributed by atoms with Crippen LogP contribution in [0.2, 0.25) is 0 Å². The minimum absolute atomic E-state index is 0.0914. The zero-order chi connectivity index (χ0) is 38.7. The summed E-state index contributed by atoms with van der Waals surface area (Å²) in [4.78, 5) is 42.8. The highest BCUT2D eigenvalue weighted by Gasteiger charge is 2.58. The van der Waals surface area contributed by atoms with Crippen LogP contribution in [0.1, 0.15) is 60.9 Å². The summed E-state index contributed by atoms with van der Waals surface area (Å²) in [7, 11) is 8.60. The van der Waals surface area contributed by atoms with Gasteiger partial charge < -0.3 is 39.0 Å². The minimum atomic E-state index is -0.700. The van der Waals surface area contributed by atoms with Gasteiger partial charge in [-0.05, 0) is 104 Å². The fourth-order valence-electron chi connectivity index (χ4n) is 10.2. The van der Waals surface area contributed by atoms with E-state index in [0.717, 1.165) is 43.9 Å². The second kappa shape index (κ2) is 16.7. The van der Waals surface area contributed by atoms with Gasteiger partial charge in [-0.1, -0.05) is 6.92 Å². The molecule has 2 aromatic carbocycles. The first kappa shape index (κ1) is 38.7. The molecule has 7 rings (SSSR count). The Kier molecular flexibility index (Phi) is 11.7. The van der Waals surface area contributed by atoms with Crippen molar-refractivity contribution < 1.29 is 28.5 Å². The maximum atomic E-state index is 14.8. The summed E-state index contributed by atoms with van der Waals surface area (Å²) in [6.07, 6.45) is 7.60. The molecule has 1 saturated carbocycles. The zero-order valence-corrected chi connectivity index (χ0v) is 33.4. The molecule has 296 valence electrons. The van der Waals surface area contributed by atoms with Crippen LogP contribution in [0, 0.1) is 11.8 Å². The molecule has 2 amide bonds. The number of nitrogens with one attached hydrogen (secondary N) is 1. The van der Waals surface area contributed by atoms with Crippen LogP contribution in [0.3, 0.4) is 0 Å². The monoisotopic (exact) mass is 754 g/mol. The van der Waals surface area contributed by atoms with E-state index in [4.69, 9.17) is 18.9 Å². The van der Waals surface area contributed by atoms with Crippen LogP contribution in [0.25, 0.3) is 0 Å². The highest BCUT2D eigenvalue weighted by molar-refractivity contribution is 5.81. The maximum absolute atomic E-state index is 14.8. The van der Waals surface area contributed by atoms with E-state index in [1.165, 1.54) is 16.7 Å². The topological polar surface area (TPSA) is 109 Å². The van der Waals surface area contributed by atoms with Gasteiger partial charge in [0.25, 0.3) is 0 Å². The van der Waals surface area contributed by atoms with E-state index in [-0.39, 0.29) is 29.7 Å². The van der Waals surface area contributed by atoms with Gasteiger partial charge in [0, 0.05) is 88.2 Å². The average Bonchev–Trinajstić information content (AvgIpc) is 3.24. The van der Waals surface area contributed by atoms with Crippen LogP contribution < -0.4 is 29.2 Å². The van der Waals surface area contributed by atoms with Crippen LogP contribution in [0.15, 0.2) is 48.8 Å². The van der Waals surface area contributed by atoms with Gasteiger partial charge >= 0.3 is 0 Å². The van der Waals surface area contributed by atoms with Crippen molar-refractivity contribution in [2.24, 2.45) is 11.8 Å². The molecule has 1 aromatic heterocycles. The van der Waals surface area contributed by atoms with Gasteiger partial charge in [0.2, 0.25) is 11.8 Å². The van der Waals surface area contributed by atoms with E-state index in [0.29, 0.717) is 81.3 Å². The van der Waals surface area contributed by atoms with Crippen molar-refractivity contribution in [3.05, 3.63) is 71.0 Å². The molecule has 2 unspecified atom stereocenters. The number of carbonyl (C=O) groups is 2. The molecule has 55 heavy (non-hydrogen) atoms. The number of rotatable bonds is 11. The molecule has 2 fully saturated rings. The lowest BCUT2D eigenvalue weighted by Gasteiger charge is -2.59. The van der Waals surface area contributed by atoms with Gasteiger partial charge in [-0.2, -0.15) is 0 Å². The Morgan fingerprint density at radius 1 is 0.836 bits per heavy atom. The molecular formula is C43H58N6O6. The first-order chi connectivity index (χ1) is 26.8. The molecule has 12 heteroatoms. The number of benzene rings is 2. The number of nitrogens with zero attached hydrogens (tertiary/aromatic N) is 5. The van der Waals surface area contributed by atoms with Crippen molar-refractivity contribution in [3.63, 3.8) is 0 Å². The Bertz CT molecular complexity index is 1830. The highest BCUT2D eigenvalue weighted by Crippen LogP contribution is 2.59. The van der Waals surface area contributed by atoms with Crippen LogP contribution >= 0.6 is 0 Å². The van der Waals surface area contributed by atoms with Gasteiger partial charge in [0.1, 0.15) is 0 Å². The first-order valence-electron chi connectivity index (χ1n) is 19.9. The lowest BCUT2D eigenvalue weighted by Crippen LogP contribution is -2.63. The molecule has 4 atom stereocenters. The Hall–Kier alpha value is -4.55. The zero-order valence-electron chi connectivity index (χ0n) is 33.4. The van der Waals surface area contributed by atoms with E-state index in [1.54, 1.807) is 28.4 Å². The van der Waals surface area contributed by atoms with E-state index in [1.807, 2.05) is 31.6 Å². The van der Waals surface area contributed by atoms with Crippen molar-refractivity contribution in [1.82, 2.24) is 25.0 Å². The summed E-state index contributed by atoms with van der Waals surface area (Å²) < 4.78 is 23.5.